The fourth-order valence-corrected chi connectivity index (χ4v) is 4.17. The van der Waals surface area contributed by atoms with Crippen molar-refractivity contribution in [3.8, 4) is 0 Å². The molecule has 3 aromatic carbocycles. The highest BCUT2D eigenvalue weighted by Gasteiger charge is 2.19. The van der Waals surface area contributed by atoms with Gasteiger partial charge in [-0.25, -0.2) is 4.39 Å². The lowest BCUT2D eigenvalue weighted by Crippen LogP contribution is -2.25. The van der Waals surface area contributed by atoms with Gasteiger partial charge in [0.25, 0.3) is 5.91 Å². The van der Waals surface area contributed by atoms with Gasteiger partial charge in [0.1, 0.15) is 5.82 Å². The highest BCUT2D eigenvalue weighted by Crippen LogP contribution is 2.29. The number of carbonyl (C=O) groups is 2. The quantitative estimate of drug-likeness (QED) is 0.433. The van der Waals surface area contributed by atoms with Crippen LogP contribution in [0.15, 0.2) is 71.6 Å². The smallest absolute Gasteiger partial charge is 0.255 e. The summed E-state index contributed by atoms with van der Waals surface area (Å²) in [6.45, 7) is 5.93. The van der Waals surface area contributed by atoms with Crippen molar-refractivity contribution in [2.75, 3.05) is 10.6 Å². The molecule has 0 saturated heterocycles. The summed E-state index contributed by atoms with van der Waals surface area (Å²) in [5.74, 6) is -0.757. The molecule has 0 saturated carbocycles. The van der Waals surface area contributed by atoms with Crippen molar-refractivity contribution in [3.05, 3.63) is 89.2 Å². The number of benzene rings is 3. The summed E-state index contributed by atoms with van der Waals surface area (Å²) in [6.07, 6.45) is 0.660. The van der Waals surface area contributed by atoms with Crippen molar-refractivity contribution in [2.24, 2.45) is 0 Å². The van der Waals surface area contributed by atoms with E-state index in [0.717, 1.165) is 21.7 Å². The van der Waals surface area contributed by atoms with Gasteiger partial charge in [0.2, 0.25) is 5.91 Å². The van der Waals surface area contributed by atoms with Crippen molar-refractivity contribution >= 4 is 35.0 Å². The number of halogens is 1. The molecule has 0 fully saturated rings. The van der Waals surface area contributed by atoms with Crippen molar-refractivity contribution in [3.63, 3.8) is 0 Å². The van der Waals surface area contributed by atoms with Gasteiger partial charge in [-0.15, -0.1) is 11.8 Å². The third kappa shape index (κ3) is 5.95. The third-order valence-electron chi connectivity index (χ3n) is 4.87. The highest BCUT2D eigenvalue weighted by atomic mass is 32.2. The van der Waals surface area contributed by atoms with Crippen molar-refractivity contribution in [2.45, 2.75) is 37.3 Å². The summed E-state index contributed by atoms with van der Waals surface area (Å²) in [5, 5.41) is 5.60. The predicted molar refractivity (Wildman–Crippen MR) is 125 cm³/mol. The molecule has 3 rings (SSSR count). The Balaban J connectivity index is 1.69. The standard InChI is InChI=1S/C25H25FN2O2S/c1-4-22(25(30)28-23-16(2)7-5-8-17(23)3)31-21-10-6-9-20(15-21)27-24(29)18-11-13-19(26)14-12-18/h5-15,22H,4H2,1-3H3,(H,27,29)(H,28,30). The summed E-state index contributed by atoms with van der Waals surface area (Å²) in [7, 11) is 0. The molecule has 6 heteroatoms. The van der Waals surface area contributed by atoms with Gasteiger partial charge in [-0.3, -0.25) is 9.59 Å². The maximum Gasteiger partial charge on any atom is 0.255 e. The lowest BCUT2D eigenvalue weighted by Gasteiger charge is -2.17. The SMILES string of the molecule is CCC(Sc1cccc(NC(=O)c2ccc(F)cc2)c1)C(=O)Nc1c(C)cccc1C. The van der Waals surface area contributed by atoms with Gasteiger partial charge in [-0.05, 0) is 73.9 Å². The molecular formula is C25H25FN2O2S. The minimum absolute atomic E-state index is 0.0503. The fraction of sp³-hybridized carbons (Fsp3) is 0.200. The number of carbonyl (C=O) groups excluding carboxylic acids is 2. The molecule has 0 bridgehead atoms. The second-order valence-corrected chi connectivity index (χ2v) is 8.54. The van der Waals surface area contributed by atoms with Crippen LogP contribution >= 0.6 is 11.8 Å². The average molecular weight is 437 g/mol. The monoisotopic (exact) mass is 436 g/mol. The first kappa shape index (κ1) is 22.6. The van der Waals surface area contributed by atoms with E-state index in [4.69, 9.17) is 0 Å². The lowest BCUT2D eigenvalue weighted by atomic mass is 10.1. The zero-order chi connectivity index (χ0) is 22.4. The van der Waals surface area contributed by atoms with E-state index >= 15 is 0 Å². The first-order chi connectivity index (χ1) is 14.9. The van der Waals surface area contributed by atoms with E-state index in [9.17, 15) is 14.0 Å². The maximum absolute atomic E-state index is 13.1. The Hall–Kier alpha value is -3.12. The summed E-state index contributed by atoms with van der Waals surface area (Å²) in [6, 6.07) is 18.7. The Morgan fingerprint density at radius 1 is 0.935 bits per heavy atom. The molecule has 4 nitrogen and oxygen atoms in total. The van der Waals surface area contributed by atoms with E-state index in [1.165, 1.54) is 36.0 Å². The van der Waals surface area contributed by atoms with Crippen LogP contribution in [0.3, 0.4) is 0 Å². The molecule has 1 unspecified atom stereocenters. The number of hydrogen-bond acceptors (Lipinski definition) is 3. The highest BCUT2D eigenvalue weighted by molar-refractivity contribution is 8.00. The number of para-hydroxylation sites is 1. The van der Waals surface area contributed by atoms with Gasteiger partial charge in [0.05, 0.1) is 5.25 Å². The molecule has 160 valence electrons. The normalized spacial score (nSPS) is 11.6. The van der Waals surface area contributed by atoms with Crippen LogP contribution in [0, 0.1) is 19.7 Å². The molecule has 1 atom stereocenters. The van der Waals surface area contributed by atoms with Crippen LogP contribution in [0.25, 0.3) is 0 Å². The Bertz CT molecular complexity index is 1060. The van der Waals surface area contributed by atoms with Gasteiger partial charge in [-0.1, -0.05) is 31.2 Å². The summed E-state index contributed by atoms with van der Waals surface area (Å²) in [5.41, 5.74) is 3.90. The zero-order valence-electron chi connectivity index (χ0n) is 17.7. The van der Waals surface area contributed by atoms with E-state index in [2.05, 4.69) is 10.6 Å². The summed E-state index contributed by atoms with van der Waals surface area (Å²) >= 11 is 1.45. The molecule has 2 N–H and O–H groups in total. The van der Waals surface area contributed by atoms with Crippen LogP contribution in [0.5, 0.6) is 0 Å². The van der Waals surface area contributed by atoms with Crippen LogP contribution in [-0.2, 0) is 4.79 Å². The maximum atomic E-state index is 13.1. The summed E-state index contributed by atoms with van der Waals surface area (Å²) < 4.78 is 13.1. The Morgan fingerprint density at radius 2 is 1.58 bits per heavy atom. The van der Waals surface area contributed by atoms with Crippen LogP contribution in [0.2, 0.25) is 0 Å². The van der Waals surface area contributed by atoms with Crippen LogP contribution in [0.4, 0.5) is 15.8 Å². The molecule has 31 heavy (non-hydrogen) atoms. The Kier molecular flexibility index (Phi) is 7.47. The van der Waals surface area contributed by atoms with Crippen molar-refractivity contribution < 1.29 is 14.0 Å². The molecule has 0 aliphatic carbocycles. The first-order valence-corrected chi connectivity index (χ1v) is 11.0. The number of amides is 2. The molecule has 2 amide bonds. The minimum Gasteiger partial charge on any atom is -0.325 e. The molecule has 0 spiro atoms. The van der Waals surface area contributed by atoms with Gasteiger partial charge < -0.3 is 10.6 Å². The summed E-state index contributed by atoms with van der Waals surface area (Å²) in [4.78, 5) is 26.2. The number of thioether (sulfide) groups is 1. The van der Waals surface area contributed by atoms with Gasteiger partial charge >= 0.3 is 0 Å². The van der Waals surface area contributed by atoms with E-state index in [1.807, 2.05) is 57.2 Å². The number of nitrogens with one attached hydrogen (secondary N) is 2. The second kappa shape index (κ2) is 10.3. The number of aryl methyl sites for hydroxylation is 2. The van der Waals surface area contributed by atoms with E-state index in [1.54, 1.807) is 6.07 Å². The average Bonchev–Trinajstić information content (AvgIpc) is 2.75. The van der Waals surface area contributed by atoms with Crippen molar-refractivity contribution in [1.82, 2.24) is 0 Å². The molecule has 3 aromatic rings. The topological polar surface area (TPSA) is 58.2 Å². The molecule has 0 aliphatic heterocycles. The van der Waals surface area contributed by atoms with Crippen LogP contribution < -0.4 is 10.6 Å². The van der Waals surface area contributed by atoms with Gasteiger partial charge in [0.15, 0.2) is 0 Å². The molecule has 0 heterocycles. The fourth-order valence-electron chi connectivity index (χ4n) is 3.15. The predicted octanol–water partition coefficient (Wildman–Crippen LogP) is 6.20. The molecule has 0 aliphatic rings. The van der Waals surface area contributed by atoms with Crippen LogP contribution in [-0.4, -0.2) is 17.1 Å². The molecule has 0 aromatic heterocycles. The minimum atomic E-state index is -0.389. The second-order valence-electron chi connectivity index (χ2n) is 7.26. The Morgan fingerprint density at radius 3 is 2.23 bits per heavy atom. The lowest BCUT2D eigenvalue weighted by molar-refractivity contribution is -0.115. The number of anilines is 2. The van der Waals surface area contributed by atoms with Gasteiger partial charge in [0, 0.05) is 21.8 Å². The number of hydrogen-bond donors (Lipinski definition) is 2. The van der Waals surface area contributed by atoms with Crippen LogP contribution in [0.1, 0.15) is 34.8 Å². The van der Waals surface area contributed by atoms with E-state index in [0.29, 0.717) is 17.7 Å². The third-order valence-corrected chi connectivity index (χ3v) is 6.23. The largest absolute Gasteiger partial charge is 0.325 e. The first-order valence-electron chi connectivity index (χ1n) is 10.1. The molecular weight excluding hydrogens is 411 g/mol. The number of rotatable bonds is 7. The van der Waals surface area contributed by atoms with Gasteiger partial charge in [-0.2, -0.15) is 0 Å². The van der Waals surface area contributed by atoms with E-state index < -0.39 is 0 Å². The van der Waals surface area contributed by atoms with E-state index in [-0.39, 0.29) is 22.9 Å². The van der Waals surface area contributed by atoms with Crippen molar-refractivity contribution in [1.29, 1.82) is 0 Å². The molecule has 0 radical (unpaired) electrons. The Labute approximate surface area is 186 Å². The zero-order valence-corrected chi connectivity index (χ0v) is 18.6.